The van der Waals surface area contributed by atoms with Gasteiger partial charge in [0.2, 0.25) is 0 Å². The highest BCUT2D eigenvalue weighted by Gasteiger charge is 2.28. The van der Waals surface area contributed by atoms with Gasteiger partial charge in [0.15, 0.2) is 0 Å². The first-order valence-electron chi connectivity index (χ1n) is 6.72. The van der Waals surface area contributed by atoms with Crippen LogP contribution in [0.4, 0.5) is 4.39 Å². The molecule has 0 aromatic heterocycles. The van der Waals surface area contributed by atoms with Crippen molar-refractivity contribution in [2.45, 2.75) is 13.3 Å². The number of carbonyl (C=O) groups excluding carboxylic acids is 1. The molecule has 0 N–H and O–H groups in total. The SMILES string of the molecule is CCOCC1CCN(C(=O)c2cc(C#N)ccc2F)C1. The lowest BCUT2D eigenvalue weighted by atomic mass is 10.1. The number of likely N-dealkylation sites (tertiary alicyclic amines) is 1. The first kappa shape index (κ1) is 14.5. The van der Waals surface area contributed by atoms with Gasteiger partial charge in [0.05, 0.1) is 23.8 Å². The smallest absolute Gasteiger partial charge is 0.256 e. The molecule has 1 aromatic rings. The molecule has 2 rings (SSSR count). The summed E-state index contributed by atoms with van der Waals surface area (Å²) in [6, 6.07) is 5.77. The van der Waals surface area contributed by atoms with E-state index in [1.165, 1.54) is 18.2 Å². The van der Waals surface area contributed by atoms with Crippen molar-refractivity contribution in [2.24, 2.45) is 5.92 Å². The maximum absolute atomic E-state index is 13.7. The fourth-order valence-corrected chi connectivity index (χ4v) is 2.37. The van der Waals surface area contributed by atoms with Gasteiger partial charge >= 0.3 is 0 Å². The molecule has 5 heteroatoms. The van der Waals surface area contributed by atoms with Crippen molar-refractivity contribution in [3.8, 4) is 6.07 Å². The Kier molecular flexibility index (Phi) is 4.70. The molecule has 0 aliphatic carbocycles. The number of benzene rings is 1. The molecular weight excluding hydrogens is 259 g/mol. The Labute approximate surface area is 117 Å². The third kappa shape index (κ3) is 3.14. The van der Waals surface area contributed by atoms with Crippen LogP contribution in [-0.4, -0.2) is 37.1 Å². The van der Waals surface area contributed by atoms with Crippen molar-refractivity contribution in [3.05, 3.63) is 35.1 Å². The van der Waals surface area contributed by atoms with Crippen molar-refractivity contribution in [3.63, 3.8) is 0 Å². The van der Waals surface area contributed by atoms with Crippen LogP contribution in [0.25, 0.3) is 0 Å². The minimum atomic E-state index is -0.581. The van der Waals surface area contributed by atoms with E-state index in [2.05, 4.69) is 0 Å². The molecule has 1 aliphatic heterocycles. The Morgan fingerprint density at radius 3 is 3.10 bits per heavy atom. The highest BCUT2D eigenvalue weighted by atomic mass is 19.1. The lowest BCUT2D eigenvalue weighted by Gasteiger charge is -2.17. The van der Waals surface area contributed by atoms with E-state index in [1.54, 1.807) is 4.90 Å². The predicted octanol–water partition coefficient (Wildman–Crippen LogP) is 2.20. The number of nitrogens with zero attached hydrogens (tertiary/aromatic N) is 2. The zero-order chi connectivity index (χ0) is 14.5. The molecule has 1 aliphatic rings. The van der Waals surface area contributed by atoms with Crippen LogP contribution in [0, 0.1) is 23.1 Å². The van der Waals surface area contributed by atoms with Gasteiger partial charge < -0.3 is 9.64 Å². The van der Waals surface area contributed by atoms with Crippen LogP contribution in [-0.2, 0) is 4.74 Å². The number of amides is 1. The molecule has 1 unspecified atom stereocenters. The molecule has 1 aromatic carbocycles. The number of rotatable bonds is 4. The van der Waals surface area contributed by atoms with E-state index in [4.69, 9.17) is 10.00 Å². The largest absolute Gasteiger partial charge is 0.381 e. The fraction of sp³-hybridized carbons (Fsp3) is 0.467. The number of hydrogen-bond acceptors (Lipinski definition) is 3. The van der Waals surface area contributed by atoms with Gasteiger partial charge in [-0.15, -0.1) is 0 Å². The van der Waals surface area contributed by atoms with Crippen molar-refractivity contribution in [1.29, 1.82) is 5.26 Å². The minimum Gasteiger partial charge on any atom is -0.381 e. The van der Waals surface area contributed by atoms with E-state index in [-0.39, 0.29) is 11.5 Å². The van der Waals surface area contributed by atoms with E-state index in [9.17, 15) is 9.18 Å². The summed E-state index contributed by atoms with van der Waals surface area (Å²) in [6.07, 6.45) is 0.866. The monoisotopic (exact) mass is 276 g/mol. The highest BCUT2D eigenvalue weighted by molar-refractivity contribution is 5.95. The molecule has 4 nitrogen and oxygen atoms in total. The standard InChI is InChI=1S/C15H17FN2O2/c1-2-20-10-12-5-6-18(9-12)15(19)13-7-11(8-17)3-4-14(13)16/h3-4,7,12H,2,5-6,9-10H2,1H3. The highest BCUT2D eigenvalue weighted by Crippen LogP contribution is 2.21. The van der Waals surface area contributed by atoms with E-state index < -0.39 is 5.82 Å². The molecule has 1 amide bonds. The van der Waals surface area contributed by atoms with Gasteiger partial charge in [-0.2, -0.15) is 5.26 Å². The summed E-state index contributed by atoms with van der Waals surface area (Å²) in [5.41, 5.74) is 0.265. The van der Waals surface area contributed by atoms with E-state index >= 15 is 0 Å². The summed E-state index contributed by atoms with van der Waals surface area (Å²) in [4.78, 5) is 13.9. The first-order valence-corrected chi connectivity index (χ1v) is 6.72. The van der Waals surface area contributed by atoms with Gasteiger partial charge in [0.25, 0.3) is 5.91 Å². The maximum Gasteiger partial charge on any atom is 0.256 e. The summed E-state index contributed by atoms with van der Waals surface area (Å²) < 4.78 is 19.1. The summed E-state index contributed by atoms with van der Waals surface area (Å²) in [5, 5.41) is 8.83. The summed E-state index contributed by atoms with van der Waals surface area (Å²) in [7, 11) is 0. The molecule has 106 valence electrons. The molecule has 1 heterocycles. The van der Waals surface area contributed by atoms with Crippen molar-refractivity contribution in [1.82, 2.24) is 4.90 Å². The molecule has 1 saturated heterocycles. The van der Waals surface area contributed by atoms with Crippen LogP contribution in [0.1, 0.15) is 29.3 Å². The summed E-state index contributed by atoms with van der Waals surface area (Å²) in [6.45, 7) is 4.40. The molecule has 1 atom stereocenters. The lowest BCUT2D eigenvalue weighted by molar-refractivity contribution is 0.0758. The van der Waals surface area contributed by atoms with Crippen LogP contribution in [0.2, 0.25) is 0 Å². The van der Waals surface area contributed by atoms with Gasteiger partial charge in [0.1, 0.15) is 5.82 Å². The van der Waals surface area contributed by atoms with Gasteiger partial charge in [-0.25, -0.2) is 4.39 Å². The Morgan fingerprint density at radius 2 is 2.40 bits per heavy atom. The topological polar surface area (TPSA) is 53.3 Å². The van der Waals surface area contributed by atoms with Crippen LogP contribution < -0.4 is 0 Å². The molecular formula is C15H17FN2O2. The normalized spacial score (nSPS) is 18.1. The number of ether oxygens (including phenoxy) is 1. The second kappa shape index (κ2) is 6.49. The quantitative estimate of drug-likeness (QED) is 0.847. The summed E-state index contributed by atoms with van der Waals surface area (Å²) >= 11 is 0. The van der Waals surface area contributed by atoms with Gasteiger partial charge in [-0.05, 0) is 31.5 Å². The minimum absolute atomic E-state index is 0.0268. The molecule has 0 saturated carbocycles. The molecule has 0 bridgehead atoms. The number of hydrogen-bond donors (Lipinski definition) is 0. The van der Waals surface area contributed by atoms with Crippen molar-refractivity contribution >= 4 is 5.91 Å². The van der Waals surface area contributed by atoms with E-state index in [0.29, 0.717) is 37.8 Å². The predicted molar refractivity (Wildman–Crippen MR) is 71.6 cm³/mol. The average molecular weight is 276 g/mol. The number of halogens is 1. The van der Waals surface area contributed by atoms with Gasteiger partial charge in [-0.3, -0.25) is 4.79 Å². The Hall–Kier alpha value is -1.93. The first-order chi connectivity index (χ1) is 9.65. The zero-order valence-electron chi connectivity index (χ0n) is 11.4. The van der Waals surface area contributed by atoms with Crippen LogP contribution in [0.15, 0.2) is 18.2 Å². The fourth-order valence-electron chi connectivity index (χ4n) is 2.37. The lowest BCUT2D eigenvalue weighted by Crippen LogP contribution is -2.30. The second-order valence-corrected chi connectivity index (χ2v) is 4.87. The van der Waals surface area contributed by atoms with Crippen LogP contribution >= 0.6 is 0 Å². The van der Waals surface area contributed by atoms with E-state index in [1.807, 2.05) is 13.0 Å². The number of nitriles is 1. The average Bonchev–Trinajstić information content (AvgIpc) is 2.93. The van der Waals surface area contributed by atoms with E-state index in [0.717, 1.165) is 6.42 Å². The Morgan fingerprint density at radius 1 is 1.60 bits per heavy atom. The van der Waals surface area contributed by atoms with Crippen molar-refractivity contribution in [2.75, 3.05) is 26.3 Å². The molecule has 1 fully saturated rings. The van der Waals surface area contributed by atoms with Crippen LogP contribution in [0.3, 0.4) is 0 Å². The Bertz CT molecular complexity index is 539. The molecule has 0 spiro atoms. The summed E-state index contributed by atoms with van der Waals surface area (Å²) in [5.74, 6) is -0.623. The molecule has 0 radical (unpaired) electrons. The Balaban J connectivity index is 2.07. The second-order valence-electron chi connectivity index (χ2n) is 4.87. The van der Waals surface area contributed by atoms with Crippen LogP contribution in [0.5, 0.6) is 0 Å². The van der Waals surface area contributed by atoms with Gasteiger partial charge in [-0.1, -0.05) is 0 Å². The third-order valence-electron chi connectivity index (χ3n) is 3.46. The van der Waals surface area contributed by atoms with Crippen molar-refractivity contribution < 1.29 is 13.9 Å². The zero-order valence-corrected chi connectivity index (χ0v) is 11.4. The maximum atomic E-state index is 13.7. The molecule has 20 heavy (non-hydrogen) atoms. The number of carbonyl (C=O) groups is 1. The van der Waals surface area contributed by atoms with Gasteiger partial charge in [0, 0.05) is 25.6 Å². The third-order valence-corrected chi connectivity index (χ3v) is 3.46.